The van der Waals surface area contributed by atoms with Gasteiger partial charge in [-0.2, -0.15) is 0 Å². The van der Waals surface area contributed by atoms with Crippen LogP contribution in [0.3, 0.4) is 0 Å². The molecule has 5 heteroatoms. The van der Waals surface area contributed by atoms with Gasteiger partial charge in [-0.1, -0.05) is 12.8 Å². The van der Waals surface area contributed by atoms with Crippen molar-refractivity contribution in [3.63, 3.8) is 0 Å². The Morgan fingerprint density at radius 3 is 2.35 bits per heavy atom. The summed E-state index contributed by atoms with van der Waals surface area (Å²) in [6, 6.07) is 0. The largest absolute Gasteiger partial charge is 0.444 e. The van der Waals surface area contributed by atoms with E-state index >= 15 is 0 Å². The van der Waals surface area contributed by atoms with Gasteiger partial charge in [0.15, 0.2) is 0 Å². The fourth-order valence-corrected chi connectivity index (χ4v) is 3.06. The standard InChI is InChI=1S/C18H34N2O3/c1-18(2,3)23-17(22)20-13-11-19(12-14-20)10-6-4-5-7-16(21)15-8-9-15/h15-16,21H,4-14H2,1-3H3. The Labute approximate surface area is 141 Å². The molecule has 2 rings (SSSR count). The molecule has 0 aromatic rings. The van der Waals surface area contributed by atoms with E-state index in [1.165, 1.54) is 25.7 Å². The van der Waals surface area contributed by atoms with E-state index in [0.29, 0.717) is 5.92 Å². The van der Waals surface area contributed by atoms with Crippen molar-refractivity contribution in [2.45, 2.75) is 71.0 Å². The van der Waals surface area contributed by atoms with Crippen LogP contribution in [0.5, 0.6) is 0 Å². The number of hydrogen-bond donors (Lipinski definition) is 1. The third kappa shape index (κ3) is 7.08. The number of amides is 1. The lowest BCUT2D eigenvalue weighted by molar-refractivity contribution is 0.0144. The minimum Gasteiger partial charge on any atom is -0.444 e. The summed E-state index contributed by atoms with van der Waals surface area (Å²) < 4.78 is 5.42. The summed E-state index contributed by atoms with van der Waals surface area (Å²) >= 11 is 0. The quantitative estimate of drug-likeness (QED) is 0.731. The van der Waals surface area contributed by atoms with E-state index in [9.17, 15) is 9.90 Å². The molecule has 0 bridgehead atoms. The molecule has 1 aliphatic heterocycles. The molecule has 1 amide bonds. The Morgan fingerprint density at radius 2 is 1.78 bits per heavy atom. The summed E-state index contributed by atoms with van der Waals surface area (Å²) in [6.07, 6.45) is 6.69. The molecule has 5 nitrogen and oxygen atoms in total. The van der Waals surface area contributed by atoms with Crippen molar-refractivity contribution in [2.24, 2.45) is 5.92 Å². The number of piperazine rings is 1. The smallest absolute Gasteiger partial charge is 0.410 e. The highest BCUT2D eigenvalue weighted by molar-refractivity contribution is 5.68. The van der Waals surface area contributed by atoms with Crippen molar-refractivity contribution in [3.05, 3.63) is 0 Å². The highest BCUT2D eigenvalue weighted by Gasteiger charge is 2.29. The van der Waals surface area contributed by atoms with Crippen LogP contribution < -0.4 is 0 Å². The number of aliphatic hydroxyl groups is 1. The van der Waals surface area contributed by atoms with Gasteiger partial charge in [-0.05, 0) is 58.9 Å². The SMILES string of the molecule is CC(C)(C)OC(=O)N1CCN(CCCCCC(O)C2CC2)CC1. The average Bonchev–Trinajstić information content (AvgIpc) is 3.30. The van der Waals surface area contributed by atoms with Crippen LogP contribution in [0.4, 0.5) is 4.79 Å². The number of ether oxygens (including phenoxy) is 1. The number of carbonyl (C=O) groups is 1. The minimum absolute atomic E-state index is 0.0487. The second kappa shape index (κ2) is 8.34. The van der Waals surface area contributed by atoms with Crippen LogP contribution in [0.25, 0.3) is 0 Å². The van der Waals surface area contributed by atoms with Crippen LogP contribution in [-0.4, -0.2) is 65.4 Å². The first-order valence-electron chi connectivity index (χ1n) is 9.23. The third-order valence-corrected chi connectivity index (χ3v) is 4.66. The van der Waals surface area contributed by atoms with Crippen LogP contribution in [0.15, 0.2) is 0 Å². The van der Waals surface area contributed by atoms with Gasteiger partial charge in [0.25, 0.3) is 0 Å². The molecule has 1 unspecified atom stereocenters. The zero-order valence-electron chi connectivity index (χ0n) is 15.1. The maximum absolute atomic E-state index is 12.0. The van der Waals surface area contributed by atoms with Crippen molar-refractivity contribution in [1.29, 1.82) is 0 Å². The summed E-state index contributed by atoms with van der Waals surface area (Å²) in [6.45, 7) is 10.2. The highest BCUT2D eigenvalue weighted by Crippen LogP contribution is 2.34. The molecular formula is C18H34N2O3. The predicted molar refractivity (Wildman–Crippen MR) is 91.4 cm³/mol. The molecular weight excluding hydrogens is 292 g/mol. The molecule has 1 saturated carbocycles. The fourth-order valence-electron chi connectivity index (χ4n) is 3.06. The lowest BCUT2D eigenvalue weighted by Crippen LogP contribution is -2.50. The van der Waals surface area contributed by atoms with Crippen molar-refractivity contribution in [2.75, 3.05) is 32.7 Å². The maximum Gasteiger partial charge on any atom is 0.410 e. The third-order valence-electron chi connectivity index (χ3n) is 4.66. The fraction of sp³-hybridized carbons (Fsp3) is 0.944. The summed E-state index contributed by atoms with van der Waals surface area (Å²) in [5, 5.41) is 9.84. The molecule has 0 aromatic heterocycles. The molecule has 1 atom stereocenters. The number of carbonyl (C=O) groups excluding carboxylic acids is 1. The normalized spacial score (nSPS) is 21.3. The van der Waals surface area contributed by atoms with Crippen LogP contribution in [0.2, 0.25) is 0 Å². The second-order valence-electron chi connectivity index (χ2n) is 8.06. The van der Waals surface area contributed by atoms with Gasteiger partial charge in [0.2, 0.25) is 0 Å². The number of nitrogens with zero attached hydrogens (tertiary/aromatic N) is 2. The molecule has 23 heavy (non-hydrogen) atoms. The van der Waals surface area contributed by atoms with E-state index in [1.807, 2.05) is 25.7 Å². The molecule has 2 aliphatic rings. The van der Waals surface area contributed by atoms with Crippen LogP contribution in [0.1, 0.15) is 59.3 Å². The van der Waals surface area contributed by atoms with Gasteiger partial charge in [0, 0.05) is 26.2 Å². The molecule has 1 N–H and O–H groups in total. The summed E-state index contributed by atoms with van der Waals surface area (Å²) in [5.41, 5.74) is -0.417. The van der Waals surface area contributed by atoms with Gasteiger partial charge in [0.05, 0.1) is 6.10 Å². The molecule has 0 aromatic carbocycles. The lowest BCUT2D eigenvalue weighted by Gasteiger charge is -2.35. The van der Waals surface area contributed by atoms with E-state index < -0.39 is 5.60 Å². The van der Waals surface area contributed by atoms with Crippen molar-refractivity contribution in [1.82, 2.24) is 9.80 Å². The number of unbranched alkanes of at least 4 members (excludes halogenated alkanes) is 2. The van der Waals surface area contributed by atoms with Gasteiger partial charge in [-0.15, -0.1) is 0 Å². The van der Waals surface area contributed by atoms with E-state index in [2.05, 4.69) is 4.90 Å². The maximum atomic E-state index is 12.0. The van der Waals surface area contributed by atoms with E-state index in [4.69, 9.17) is 4.74 Å². The first kappa shape index (κ1) is 18.5. The first-order chi connectivity index (χ1) is 10.8. The Morgan fingerprint density at radius 1 is 1.13 bits per heavy atom. The van der Waals surface area contributed by atoms with Crippen LogP contribution >= 0.6 is 0 Å². The lowest BCUT2D eigenvalue weighted by atomic mass is 10.1. The van der Waals surface area contributed by atoms with Crippen molar-refractivity contribution < 1.29 is 14.6 Å². The molecule has 2 fully saturated rings. The summed E-state index contributed by atoms with van der Waals surface area (Å²) in [4.78, 5) is 16.2. The predicted octanol–water partition coefficient (Wildman–Crippen LogP) is 2.87. The van der Waals surface area contributed by atoms with Crippen molar-refractivity contribution >= 4 is 6.09 Å². The molecule has 1 aliphatic carbocycles. The van der Waals surface area contributed by atoms with Crippen LogP contribution in [-0.2, 0) is 4.74 Å². The summed E-state index contributed by atoms with van der Waals surface area (Å²) in [5.74, 6) is 0.607. The van der Waals surface area contributed by atoms with E-state index in [1.54, 1.807) is 0 Å². The monoisotopic (exact) mass is 326 g/mol. The van der Waals surface area contributed by atoms with E-state index in [-0.39, 0.29) is 12.2 Å². The Bertz CT molecular complexity index is 369. The molecule has 134 valence electrons. The number of hydrogen-bond acceptors (Lipinski definition) is 4. The van der Waals surface area contributed by atoms with Gasteiger partial charge in [-0.3, -0.25) is 4.90 Å². The van der Waals surface area contributed by atoms with Gasteiger partial charge >= 0.3 is 6.09 Å². The minimum atomic E-state index is -0.417. The average molecular weight is 326 g/mol. The molecule has 0 radical (unpaired) electrons. The number of rotatable bonds is 7. The first-order valence-corrected chi connectivity index (χ1v) is 9.23. The molecule has 0 spiro atoms. The summed E-state index contributed by atoms with van der Waals surface area (Å²) in [7, 11) is 0. The highest BCUT2D eigenvalue weighted by atomic mass is 16.6. The molecule has 1 saturated heterocycles. The van der Waals surface area contributed by atoms with Gasteiger partial charge < -0.3 is 14.7 Å². The van der Waals surface area contributed by atoms with E-state index in [0.717, 1.165) is 45.6 Å². The number of aliphatic hydroxyl groups excluding tert-OH is 1. The second-order valence-corrected chi connectivity index (χ2v) is 8.06. The van der Waals surface area contributed by atoms with Gasteiger partial charge in [0.1, 0.15) is 5.60 Å². The zero-order chi connectivity index (χ0) is 16.9. The Balaban J connectivity index is 1.51. The Hall–Kier alpha value is -0.810. The van der Waals surface area contributed by atoms with Gasteiger partial charge in [-0.25, -0.2) is 4.79 Å². The Kier molecular flexibility index (Phi) is 6.72. The van der Waals surface area contributed by atoms with Crippen LogP contribution in [0, 0.1) is 5.92 Å². The zero-order valence-corrected chi connectivity index (χ0v) is 15.1. The topological polar surface area (TPSA) is 53.0 Å². The van der Waals surface area contributed by atoms with Crippen molar-refractivity contribution in [3.8, 4) is 0 Å². The molecule has 1 heterocycles.